The summed E-state index contributed by atoms with van der Waals surface area (Å²) < 4.78 is 10.6. The molecule has 23 heavy (non-hydrogen) atoms. The summed E-state index contributed by atoms with van der Waals surface area (Å²) in [7, 11) is 1.35. The van der Waals surface area contributed by atoms with Crippen molar-refractivity contribution in [2.45, 2.75) is 57.7 Å². The fraction of sp³-hybridized carbons (Fsp3) is 0.632. The van der Waals surface area contributed by atoms with E-state index < -0.39 is 0 Å². The number of carbonyl (C=O) groups is 1. The Morgan fingerprint density at radius 3 is 3.00 bits per heavy atom. The molecule has 4 unspecified atom stereocenters. The van der Waals surface area contributed by atoms with Gasteiger partial charge >= 0.3 is 5.97 Å². The molecule has 2 rings (SSSR count). The fourth-order valence-corrected chi connectivity index (χ4v) is 3.43. The van der Waals surface area contributed by atoms with E-state index >= 15 is 0 Å². The molecule has 1 heterocycles. The number of carbonyl (C=O) groups excluding carboxylic acids is 1. The minimum atomic E-state index is -0.379. The summed E-state index contributed by atoms with van der Waals surface area (Å²) in [4.78, 5) is 11.0. The van der Waals surface area contributed by atoms with Crippen molar-refractivity contribution >= 4 is 5.97 Å². The van der Waals surface area contributed by atoms with Gasteiger partial charge in [0.25, 0.3) is 0 Å². The number of unbranched alkanes of at least 4 members (excludes halogenated alkanes) is 2. The second kappa shape index (κ2) is 8.92. The van der Waals surface area contributed by atoms with Crippen LogP contribution < -0.4 is 0 Å². The molecule has 1 aliphatic carbocycles. The summed E-state index contributed by atoms with van der Waals surface area (Å²) in [6, 6.07) is 0. The molecular formula is C19H28O4. The number of esters is 1. The zero-order chi connectivity index (χ0) is 16.7. The lowest BCUT2D eigenvalue weighted by Crippen LogP contribution is -2.25. The Morgan fingerprint density at radius 1 is 1.43 bits per heavy atom. The summed E-state index contributed by atoms with van der Waals surface area (Å²) in [5.74, 6) is 1.13. The minimum Gasteiger partial charge on any atom is -0.495 e. The molecule has 0 bridgehead atoms. The van der Waals surface area contributed by atoms with Gasteiger partial charge in [-0.3, -0.25) is 0 Å². The Bertz CT molecular complexity index is 478. The summed E-state index contributed by atoms with van der Waals surface area (Å²) in [5.41, 5.74) is 0. The third kappa shape index (κ3) is 4.96. The number of hydrogen-bond donors (Lipinski definition) is 1. The van der Waals surface area contributed by atoms with E-state index in [1.165, 1.54) is 32.4 Å². The number of rotatable bonds is 7. The molecule has 1 saturated carbocycles. The van der Waals surface area contributed by atoms with Crippen molar-refractivity contribution in [3.63, 3.8) is 0 Å². The first-order chi connectivity index (χ1) is 11.2. The number of aliphatic hydroxyl groups excluding tert-OH is 1. The van der Waals surface area contributed by atoms with E-state index in [-0.39, 0.29) is 24.1 Å². The lowest BCUT2D eigenvalue weighted by atomic mass is 9.88. The van der Waals surface area contributed by atoms with E-state index in [9.17, 15) is 9.90 Å². The zero-order valence-electron chi connectivity index (χ0n) is 14.1. The molecule has 0 spiro atoms. The number of methoxy groups -OCH3 is 1. The van der Waals surface area contributed by atoms with Crippen LogP contribution in [0, 0.1) is 11.8 Å². The van der Waals surface area contributed by atoms with Crippen LogP contribution in [0.1, 0.15) is 45.4 Å². The van der Waals surface area contributed by atoms with Gasteiger partial charge in [0, 0.05) is 30.8 Å². The van der Waals surface area contributed by atoms with Crippen molar-refractivity contribution in [2.24, 2.45) is 11.8 Å². The number of hydrogen-bond acceptors (Lipinski definition) is 4. The maximum atomic E-state index is 11.0. The number of allylic oxidation sites excluding steroid dienone is 4. The van der Waals surface area contributed by atoms with Crippen molar-refractivity contribution < 1.29 is 19.4 Å². The van der Waals surface area contributed by atoms with E-state index in [1.54, 1.807) is 6.08 Å². The quantitative estimate of drug-likeness (QED) is 0.337. The summed E-state index contributed by atoms with van der Waals surface area (Å²) in [5, 5.41) is 10.3. The molecule has 1 aliphatic heterocycles. The number of fused-ring (bicyclic) bond motifs is 1. The van der Waals surface area contributed by atoms with Crippen molar-refractivity contribution in [2.75, 3.05) is 7.11 Å². The van der Waals surface area contributed by atoms with Gasteiger partial charge in [-0.15, -0.1) is 0 Å². The van der Waals surface area contributed by atoms with Gasteiger partial charge in [-0.2, -0.15) is 0 Å². The molecule has 128 valence electrons. The van der Waals surface area contributed by atoms with Gasteiger partial charge in [-0.25, -0.2) is 4.79 Å². The average Bonchev–Trinajstić information content (AvgIpc) is 2.86. The van der Waals surface area contributed by atoms with Gasteiger partial charge in [-0.1, -0.05) is 38.0 Å². The molecule has 0 aromatic carbocycles. The minimum absolute atomic E-state index is 0.0794. The highest BCUT2D eigenvalue weighted by molar-refractivity contribution is 5.82. The van der Waals surface area contributed by atoms with Crippen molar-refractivity contribution in [3.8, 4) is 0 Å². The van der Waals surface area contributed by atoms with E-state index in [2.05, 4.69) is 17.7 Å². The first-order valence-corrected chi connectivity index (χ1v) is 8.62. The SMILES string of the molecule is CCCCCC1=CCC2C(CC(O)C2C=CC=CC(=O)OC)O1. The second-order valence-corrected chi connectivity index (χ2v) is 6.33. The summed E-state index contributed by atoms with van der Waals surface area (Å²) in [6.45, 7) is 2.20. The van der Waals surface area contributed by atoms with Crippen LogP contribution in [0.3, 0.4) is 0 Å². The van der Waals surface area contributed by atoms with Gasteiger partial charge in [0.15, 0.2) is 0 Å². The zero-order valence-corrected chi connectivity index (χ0v) is 14.1. The van der Waals surface area contributed by atoms with Crippen molar-refractivity contribution in [1.82, 2.24) is 0 Å². The lowest BCUT2D eigenvalue weighted by Gasteiger charge is -2.29. The van der Waals surface area contributed by atoms with Crippen molar-refractivity contribution in [1.29, 1.82) is 0 Å². The Kier molecular flexibility index (Phi) is 6.90. The van der Waals surface area contributed by atoms with Crippen LogP contribution in [0.25, 0.3) is 0 Å². The molecule has 0 radical (unpaired) electrons. The molecular weight excluding hydrogens is 292 g/mol. The molecule has 4 nitrogen and oxygen atoms in total. The molecule has 2 aliphatic rings. The maximum absolute atomic E-state index is 11.0. The van der Waals surface area contributed by atoms with E-state index in [4.69, 9.17) is 4.74 Å². The maximum Gasteiger partial charge on any atom is 0.330 e. The van der Waals surface area contributed by atoms with Crippen LogP contribution in [-0.2, 0) is 14.3 Å². The molecule has 0 amide bonds. The molecule has 0 aromatic heterocycles. The van der Waals surface area contributed by atoms with E-state index in [1.807, 2.05) is 12.2 Å². The molecule has 1 N–H and O–H groups in total. The van der Waals surface area contributed by atoms with Crippen LogP contribution in [0.5, 0.6) is 0 Å². The van der Waals surface area contributed by atoms with Crippen molar-refractivity contribution in [3.05, 3.63) is 36.1 Å². The second-order valence-electron chi connectivity index (χ2n) is 6.33. The average molecular weight is 320 g/mol. The molecule has 0 aromatic rings. The lowest BCUT2D eigenvalue weighted by molar-refractivity contribution is -0.134. The van der Waals surface area contributed by atoms with Crippen LogP contribution in [0.2, 0.25) is 0 Å². The molecule has 4 heteroatoms. The highest BCUT2D eigenvalue weighted by Gasteiger charge is 2.43. The number of ether oxygens (including phenoxy) is 2. The standard InChI is InChI=1S/C19H28O4/c1-3-4-5-8-14-11-12-16-15(17(20)13-18(16)23-14)9-6-7-10-19(21)22-2/h6-7,9-11,15-18,20H,3-5,8,12-13H2,1-2H3. The molecule has 4 atom stereocenters. The first-order valence-electron chi connectivity index (χ1n) is 8.62. The summed E-state index contributed by atoms with van der Waals surface area (Å²) in [6.07, 6.45) is 15.0. The Morgan fingerprint density at radius 2 is 2.26 bits per heavy atom. The number of aliphatic hydroxyl groups is 1. The van der Waals surface area contributed by atoms with Gasteiger partial charge < -0.3 is 14.6 Å². The summed E-state index contributed by atoms with van der Waals surface area (Å²) >= 11 is 0. The smallest absolute Gasteiger partial charge is 0.330 e. The van der Waals surface area contributed by atoms with E-state index in [0.29, 0.717) is 12.3 Å². The monoisotopic (exact) mass is 320 g/mol. The van der Waals surface area contributed by atoms with Crippen LogP contribution in [-0.4, -0.2) is 30.4 Å². The van der Waals surface area contributed by atoms with Crippen LogP contribution in [0.15, 0.2) is 36.1 Å². The van der Waals surface area contributed by atoms with Crippen LogP contribution in [0.4, 0.5) is 0 Å². The van der Waals surface area contributed by atoms with Gasteiger partial charge in [0.2, 0.25) is 0 Å². The Labute approximate surface area is 138 Å². The first kappa shape index (κ1) is 17.8. The Hall–Kier alpha value is -1.55. The normalized spacial score (nSPS) is 30.3. The third-order valence-corrected chi connectivity index (χ3v) is 4.72. The van der Waals surface area contributed by atoms with Gasteiger partial charge in [0.05, 0.1) is 19.0 Å². The molecule has 1 fully saturated rings. The highest BCUT2D eigenvalue weighted by atomic mass is 16.5. The fourth-order valence-electron chi connectivity index (χ4n) is 3.43. The van der Waals surface area contributed by atoms with Crippen LogP contribution >= 0.6 is 0 Å². The van der Waals surface area contributed by atoms with E-state index in [0.717, 1.165) is 18.6 Å². The molecule has 0 saturated heterocycles. The highest BCUT2D eigenvalue weighted by Crippen LogP contribution is 2.42. The topological polar surface area (TPSA) is 55.8 Å². The van der Waals surface area contributed by atoms with Gasteiger partial charge in [0.1, 0.15) is 6.10 Å². The predicted molar refractivity (Wildman–Crippen MR) is 89.6 cm³/mol. The predicted octanol–water partition coefficient (Wildman–Crippen LogP) is 3.52. The Balaban J connectivity index is 1.90. The third-order valence-electron chi connectivity index (χ3n) is 4.72. The largest absolute Gasteiger partial charge is 0.495 e. The van der Waals surface area contributed by atoms with Gasteiger partial charge in [-0.05, 0) is 18.9 Å².